The molecule has 0 spiro atoms. The van der Waals surface area contributed by atoms with E-state index in [1.807, 2.05) is 48.5 Å². The van der Waals surface area contributed by atoms with E-state index in [9.17, 15) is 9.59 Å². The maximum atomic E-state index is 12.9. The summed E-state index contributed by atoms with van der Waals surface area (Å²) in [6, 6.07) is 13.5. The number of nitrogens with two attached hydrogens (primary N) is 1. The van der Waals surface area contributed by atoms with E-state index in [-0.39, 0.29) is 6.04 Å². The molecule has 0 aliphatic carbocycles. The van der Waals surface area contributed by atoms with Gasteiger partial charge in [-0.15, -0.1) is 0 Å². The van der Waals surface area contributed by atoms with Crippen LogP contribution in [0.4, 0.5) is 4.79 Å². The van der Waals surface area contributed by atoms with Gasteiger partial charge in [-0.25, -0.2) is 4.79 Å². The second kappa shape index (κ2) is 8.75. The van der Waals surface area contributed by atoms with Gasteiger partial charge >= 0.3 is 6.03 Å². The Kier molecular flexibility index (Phi) is 6.16. The number of urea groups is 1. The van der Waals surface area contributed by atoms with E-state index in [0.717, 1.165) is 35.5 Å². The quantitative estimate of drug-likeness (QED) is 0.800. The zero-order chi connectivity index (χ0) is 20.1. The molecule has 1 heterocycles. The molecule has 0 saturated carbocycles. The van der Waals surface area contributed by atoms with Gasteiger partial charge in [0.15, 0.2) is 0 Å². The van der Waals surface area contributed by atoms with Crippen LogP contribution in [-0.4, -0.2) is 37.6 Å². The molecule has 3 rings (SSSR count). The molecule has 1 aliphatic heterocycles. The molecule has 1 fully saturated rings. The van der Waals surface area contributed by atoms with Crippen LogP contribution in [0.25, 0.3) is 0 Å². The number of primary amides is 1. The van der Waals surface area contributed by atoms with Crippen LogP contribution < -0.4 is 20.5 Å². The molecule has 2 atom stereocenters. The van der Waals surface area contributed by atoms with Gasteiger partial charge in [0.25, 0.3) is 0 Å². The number of likely N-dealkylation sites (tertiary alicyclic amines) is 1. The SMILES string of the molecule is COc1ccc(OC)c([C@@H]2CCCN2[C@H](C(=O)NC(N)=O)c2ccccc2)c1. The van der Waals surface area contributed by atoms with E-state index < -0.39 is 18.0 Å². The first-order chi connectivity index (χ1) is 13.5. The number of hydrogen-bond acceptors (Lipinski definition) is 5. The molecule has 7 heteroatoms. The first-order valence-electron chi connectivity index (χ1n) is 9.18. The maximum Gasteiger partial charge on any atom is 0.318 e. The lowest BCUT2D eigenvalue weighted by atomic mass is 9.98. The van der Waals surface area contributed by atoms with E-state index >= 15 is 0 Å². The highest BCUT2D eigenvalue weighted by molar-refractivity contribution is 5.96. The molecule has 148 valence electrons. The number of imide groups is 1. The summed E-state index contributed by atoms with van der Waals surface area (Å²) in [5.74, 6) is 1.02. The van der Waals surface area contributed by atoms with Crippen LogP contribution in [0.5, 0.6) is 11.5 Å². The van der Waals surface area contributed by atoms with E-state index in [0.29, 0.717) is 6.54 Å². The normalized spacial score (nSPS) is 17.7. The zero-order valence-electron chi connectivity index (χ0n) is 16.1. The lowest BCUT2D eigenvalue weighted by molar-refractivity contribution is -0.126. The summed E-state index contributed by atoms with van der Waals surface area (Å²) < 4.78 is 10.9. The van der Waals surface area contributed by atoms with Crippen molar-refractivity contribution >= 4 is 11.9 Å². The number of methoxy groups -OCH3 is 2. The number of carbonyl (C=O) groups is 2. The number of amides is 3. The summed E-state index contributed by atoms with van der Waals surface area (Å²) >= 11 is 0. The average Bonchev–Trinajstić information content (AvgIpc) is 3.17. The molecule has 2 aromatic rings. The minimum absolute atomic E-state index is 0.0612. The van der Waals surface area contributed by atoms with Gasteiger partial charge in [-0.2, -0.15) is 0 Å². The van der Waals surface area contributed by atoms with E-state index in [4.69, 9.17) is 15.2 Å². The lowest BCUT2D eigenvalue weighted by Crippen LogP contribution is -2.44. The van der Waals surface area contributed by atoms with E-state index in [1.165, 1.54) is 0 Å². The van der Waals surface area contributed by atoms with Crippen molar-refractivity contribution in [3.05, 3.63) is 59.7 Å². The number of ether oxygens (including phenoxy) is 2. The van der Waals surface area contributed by atoms with Gasteiger partial charge in [0.2, 0.25) is 5.91 Å². The summed E-state index contributed by atoms with van der Waals surface area (Å²) in [6.45, 7) is 0.705. The molecule has 1 saturated heterocycles. The van der Waals surface area contributed by atoms with Gasteiger partial charge < -0.3 is 15.2 Å². The Balaban J connectivity index is 2.02. The van der Waals surface area contributed by atoms with Gasteiger partial charge in [-0.1, -0.05) is 30.3 Å². The Bertz CT molecular complexity index is 841. The van der Waals surface area contributed by atoms with Crippen LogP contribution in [0.1, 0.15) is 36.1 Å². The highest BCUT2D eigenvalue weighted by atomic mass is 16.5. The van der Waals surface area contributed by atoms with Crippen molar-refractivity contribution in [2.24, 2.45) is 5.73 Å². The molecular formula is C21H25N3O4. The maximum absolute atomic E-state index is 12.9. The van der Waals surface area contributed by atoms with Gasteiger partial charge in [0.05, 0.1) is 14.2 Å². The number of nitrogens with one attached hydrogen (secondary N) is 1. The van der Waals surface area contributed by atoms with E-state index in [2.05, 4.69) is 10.2 Å². The number of nitrogens with zero attached hydrogens (tertiary/aromatic N) is 1. The van der Waals surface area contributed by atoms with E-state index in [1.54, 1.807) is 14.2 Å². The van der Waals surface area contributed by atoms with Crippen molar-refractivity contribution < 1.29 is 19.1 Å². The molecule has 0 radical (unpaired) electrons. The van der Waals surface area contributed by atoms with Crippen LogP contribution in [0.2, 0.25) is 0 Å². The zero-order valence-corrected chi connectivity index (χ0v) is 16.1. The van der Waals surface area contributed by atoms with Gasteiger partial charge in [-0.05, 0) is 43.1 Å². The van der Waals surface area contributed by atoms with Crippen LogP contribution in [0, 0.1) is 0 Å². The van der Waals surface area contributed by atoms with Crippen LogP contribution in [0.3, 0.4) is 0 Å². The monoisotopic (exact) mass is 383 g/mol. The summed E-state index contributed by atoms with van der Waals surface area (Å²) in [7, 11) is 3.24. The predicted molar refractivity (Wildman–Crippen MR) is 105 cm³/mol. The minimum Gasteiger partial charge on any atom is -0.497 e. The molecule has 28 heavy (non-hydrogen) atoms. The lowest BCUT2D eigenvalue weighted by Gasteiger charge is -2.33. The Morgan fingerprint density at radius 1 is 1.14 bits per heavy atom. The second-order valence-corrected chi connectivity index (χ2v) is 6.67. The highest BCUT2D eigenvalue weighted by Crippen LogP contribution is 2.43. The van der Waals surface area contributed by atoms with Crippen molar-refractivity contribution in [1.82, 2.24) is 10.2 Å². The molecule has 1 aliphatic rings. The molecular weight excluding hydrogens is 358 g/mol. The topological polar surface area (TPSA) is 93.9 Å². The summed E-state index contributed by atoms with van der Waals surface area (Å²) in [4.78, 5) is 26.3. The van der Waals surface area contributed by atoms with Crippen molar-refractivity contribution in [3.8, 4) is 11.5 Å². The average molecular weight is 383 g/mol. The van der Waals surface area contributed by atoms with Crippen molar-refractivity contribution in [3.63, 3.8) is 0 Å². The Labute approximate surface area is 164 Å². The Morgan fingerprint density at radius 3 is 2.54 bits per heavy atom. The first kappa shape index (κ1) is 19.7. The standard InChI is InChI=1S/C21H25N3O4/c1-27-15-10-11-18(28-2)16(13-15)17-9-6-12-24(17)19(20(25)23-21(22)26)14-7-4-3-5-8-14/h3-5,7-8,10-11,13,17,19H,6,9,12H2,1-2H3,(H3,22,23,25,26)/t17-,19-/m0/s1. The summed E-state index contributed by atoms with van der Waals surface area (Å²) in [5, 5.41) is 2.24. The Morgan fingerprint density at radius 2 is 1.89 bits per heavy atom. The van der Waals surface area contributed by atoms with Crippen LogP contribution in [0.15, 0.2) is 48.5 Å². The largest absolute Gasteiger partial charge is 0.497 e. The number of benzene rings is 2. The third-order valence-corrected chi connectivity index (χ3v) is 5.03. The third-order valence-electron chi connectivity index (χ3n) is 5.03. The molecule has 2 aromatic carbocycles. The van der Waals surface area contributed by atoms with Gasteiger partial charge in [-0.3, -0.25) is 15.0 Å². The van der Waals surface area contributed by atoms with Crippen LogP contribution >= 0.6 is 0 Å². The minimum atomic E-state index is -0.861. The first-order valence-corrected chi connectivity index (χ1v) is 9.18. The van der Waals surface area contributed by atoms with Gasteiger partial charge in [0.1, 0.15) is 17.5 Å². The summed E-state index contributed by atoms with van der Waals surface area (Å²) in [6.07, 6.45) is 1.77. The fourth-order valence-electron chi connectivity index (χ4n) is 3.85. The van der Waals surface area contributed by atoms with Crippen molar-refractivity contribution in [1.29, 1.82) is 0 Å². The molecule has 7 nitrogen and oxygen atoms in total. The number of rotatable bonds is 6. The van der Waals surface area contributed by atoms with Crippen molar-refractivity contribution in [2.45, 2.75) is 24.9 Å². The number of carbonyl (C=O) groups excluding carboxylic acids is 2. The number of hydrogen-bond donors (Lipinski definition) is 2. The van der Waals surface area contributed by atoms with Gasteiger partial charge in [0, 0.05) is 11.6 Å². The smallest absolute Gasteiger partial charge is 0.318 e. The Hall–Kier alpha value is -3.06. The summed E-state index contributed by atoms with van der Waals surface area (Å²) in [5.41, 5.74) is 6.96. The fourth-order valence-corrected chi connectivity index (χ4v) is 3.85. The fraction of sp³-hybridized carbons (Fsp3) is 0.333. The highest BCUT2D eigenvalue weighted by Gasteiger charge is 2.38. The molecule has 0 unspecified atom stereocenters. The van der Waals surface area contributed by atoms with Crippen LogP contribution in [-0.2, 0) is 4.79 Å². The molecule has 0 bridgehead atoms. The van der Waals surface area contributed by atoms with Crippen molar-refractivity contribution in [2.75, 3.05) is 20.8 Å². The molecule has 3 amide bonds. The predicted octanol–water partition coefficient (Wildman–Crippen LogP) is 2.78. The molecule has 0 aromatic heterocycles. The third kappa shape index (κ3) is 4.09. The molecule has 3 N–H and O–H groups in total. The second-order valence-electron chi connectivity index (χ2n) is 6.67.